The number of rotatable bonds is 7. The van der Waals surface area contributed by atoms with Crippen molar-refractivity contribution in [1.29, 1.82) is 0 Å². The lowest BCUT2D eigenvalue weighted by Gasteiger charge is -2.07. The third-order valence-electron chi connectivity index (χ3n) is 3.53. The number of aromatic nitrogens is 2. The van der Waals surface area contributed by atoms with Gasteiger partial charge in [-0.25, -0.2) is 8.42 Å². The monoisotopic (exact) mass is 285 g/mol. The normalized spacial score (nSPS) is 16.2. The van der Waals surface area contributed by atoms with E-state index in [1.165, 1.54) is 12.8 Å². The van der Waals surface area contributed by atoms with Crippen LogP contribution in [0.5, 0.6) is 0 Å². The molecule has 1 heterocycles. The highest BCUT2D eigenvalue weighted by Crippen LogP contribution is 2.19. The molecule has 1 N–H and O–H groups in total. The Kier molecular flexibility index (Phi) is 4.30. The van der Waals surface area contributed by atoms with E-state index < -0.39 is 9.84 Å². The van der Waals surface area contributed by atoms with Crippen LogP contribution in [0.25, 0.3) is 0 Å². The zero-order chi connectivity index (χ0) is 14.0. The summed E-state index contributed by atoms with van der Waals surface area (Å²) < 4.78 is 25.3. The topological polar surface area (TPSA) is 64.0 Å². The van der Waals surface area contributed by atoms with Crippen LogP contribution in [0.3, 0.4) is 0 Å². The smallest absolute Gasteiger partial charge is 0.154 e. The van der Waals surface area contributed by atoms with E-state index in [4.69, 9.17) is 0 Å². The lowest BCUT2D eigenvalue weighted by molar-refractivity contribution is 0.572. The van der Waals surface area contributed by atoms with Gasteiger partial charge in [-0.15, -0.1) is 0 Å². The summed E-state index contributed by atoms with van der Waals surface area (Å²) in [6.07, 6.45) is 4.49. The van der Waals surface area contributed by atoms with Crippen LogP contribution >= 0.6 is 0 Å². The Labute approximate surface area is 115 Å². The lowest BCUT2D eigenvalue weighted by atomic mass is 10.2. The maximum atomic E-state index is 11.8. The molecule has 0 aliphatic heterocycles. The van der Waals surface area contributed by atoms with Gasteiger partial charge in [0, 0.05) is 24.3 Å². The number of hydrogen-bond acceptors (Lipinski definition) is 4. The number of hydrogen-bond donors (Lipinski definition) is 1. The first-order valence-electron chi connectivity index (χ1n) is 6.86. The summed E-state index contributed by atoms with van der Waals surface area (Å²) in [5, 5.41) is 7.51. The first kappa shape index (κ1) is 14.5. The van der Waals surface area contributed by atoms with Crippen molar-refractivity contribution in [2.75, 3.05) is 5.75 Å². The molecule has 0 unspecified atom stereocenters. The van der Waals surface area contributed by atoms with E-state index >= 15 is 0 Å². The van der Waals surface area contributed by atoms with Crippen molar-refractivity contribution in [2.45, 2.75) is 58.0 Å². The van der Waals surface area contributed by atoms with Crippen molar-refractivity contribution in [2.24, 2.45) is 0 Å². The standard InChI is InChI=1S/C13H23N3O2S/c1-10(2)19(17,18)7-6-16-9-12(11(3)15-16)8-14-13-4-5-13/h9-10,13-14H,4-8H2,1-3H3. The third kappa shape index (κ3) is 4.04. The van der Waals surface area contributed by atoms with Crippen LogP contribution in [-0.2, 0) is 22.9 Å². The molecule has 1 aromatic heterocycles. The average molecular weight is 285 g/mol. The summed E-state index contributed by atoms with van der Waals surface area (Å²) in [7, 11) is -2.99. The van der Waals surface area contributed by atoms with Gasteiger partial charge in [-0.1, -0.05) is 0 Å². The molecule has 1 aliphatic carbocycles. The van der Waals surface area contributed by atoms with Gasteiger partial charge in [0.15, 0.2) is 9.84 Å². The molecular formula is C13H23N3O2S. The molecule has 0 bridgehead atoms. The van der Waals surface area contributed by atoms with Gasteiger partial charge in [0.1, 0.15) is 0 Å². The molecule has 5 nitrogen and oxygen atoms in total. The Hall–Kier alpha value is -0.880. The highest BCUT2D eigenvalue weighted by molar-refractivity contribution is 7.91. The molecule has 1 aliphatic rings. The van der Waals surface area contributed by atoms with Gasteiger partial charge in [0.05, 0.1) is 23.2 Å². The molecule has 108 valence electrons. The first-order valence-corrected chi connectivity index (χ1v) is 8.58. The summed E-state index contributed by atoms with van der Waals surface area (Å²) in [4.78, 5) is 0. The predicted octanol–water partition coefficient (Wildman–Crippen LogP) is 1.27. The van der Waals surface area contributed by atoms with Gasteiger partial charge in [-0.2, -0.15) is 5.10 Å². The SMILES string of the molecule is Cc1nn(CCS(=O)(=O)C(C)C)cc1CNC1CC1. The van der Waals surface area contributed by atoms with Crippen LogP contribution in [0.2, 0.25) is 0 Å². The molecule has 0 radical (unpaired) electrons. The molecule has 0 aromatic carbocycles. The minimum atomic E-state index is -2.99. The van der Waals surface area contributed by atoms with Gasteiger partial charge < -0.3 is 5.32 Å². The maximum absolute atomic E-state index is 11.8. The lowest BCUT2D eigenvalue weighted by Crippen LogP contribution is -2.21. The van der Waals surface area contributed by atoms with Crippen LogP contribution in [0.4, 0.5) is 0 Å². The largest absolute Gasteiger partial charge is 0.310 e. The van der Waals surface area contributed by atoms with E-state index in [2.05, 4.69) is 10.4 Å². The summed E-state index contributed by atoms with van der Waals surface area (Å²) in [5.74, 6) is 0.154. The molecule has 1 aromatic rings. The Morgan fingerprint density at radius 1 is 1.47 bits per heavy atom. The summed E-state index contributed by atoms with van der Waals surface area (Å²) in [5.41, 5.74) is 2.14. The van der Waals surface area contributed by atoms with Crippen LogP contribution in [0.15, 0.2) is 6.20 Å². The molecule has 0 saturated heterocycles. The molecule has 1 fully saturated rings. The Morgan fingerprint density at radius 2 is 2.16 bits per heavy atom. The summed E-state index contributed by atoms with van der Waals surface area (Å²) >= 11 is 0. The highest BCUT2D eigenvalue weighted by atomic mass is 32.2. The Bertz CT molecular complexity index is 530. The van der Waals surface area contributed by atoms with Crippen molar-refractivity contribution >= 4 is 9.84 Å². The average Bonchev–Trinajstić information content (AvgIpc) is 3.08. The van der Waals surface area contributed by atoms with E-state index in [9.17, 15) is 8.42 Å². The van der Waals surface area contributed by atoms with Gasteiger partial charge in [0.25, 0.3) is 0 Å². The second-order valence-electron chi connectivity index (χ2n) is 5.57. The first-order chi connectivity index (χ1) is 8.88. The number of sulfone groups is 1. The fourth-order valence-electron chi connectivity index (χ4n) is 1.85. The highest BCUT2D eigenvalue weighted by Gasteiger charge is 2.21. The van der Waals surface area contributed by atoms with Gasteiger partial charge >= 0.3 is 0 Å². The molecule has 1 saturated carbocycles. The maximum Gasteiger partial charge on any atom is 0.154 e. The van der Waals surface area contributed by atoms with Crippen molar-refractivity contribution in [3.05, 3.63) is 17.5 Å². The van der Waals surface area contributed by atoms with Crippen LogP contribution in [-0.4, -0.2) is 35.2 Å². The quantitative estimate of drug-likeness (QED) is 0.819. The van der Waals surface area contributed by atoms with Crippen molar-refractivity contribution in [1.82, 2.24) is 15.1 Å². The van der Waals surface area contributed by atoms with E-state index in [-0.39, 0.29) is 11.0 Å². The minimum absolute atomic E-state index is 0.154. The van der Waals surface area contributed by atoms with Crippen LogP contribution in [0.1, 0.15) is 37.9 Å². The summed E-state index contributed by atoms with van der Waals surface area (Å²) in [6.45, 7) is 6.67. The molecule has 2 rings (SSSR count). The van der Waals surface area contributed by atoms with Crippen molar-refractivity contribution in [3.63, 3.8) is 0 Å². The van der Waals surface area contributed by atoms with Gasteiger partial charge in [-0.05, 0) is 33.6 Å². The minimum Gasteiger partial charge on any atom is -0.310 e. The molecule has 19 heavy (non-hydrogen) atoms. The number of nitrogens with one attached hydrogen (secondary N) is 1. The van der Waals surface area contributed by atoms with Gasteiger partial charge in [-0.3, -0.25) is 4.68 Å². The molecular weight excluding hydrogens is 262 g/mol. The van der Waals surface area contributed by atoms with E-state index in [0.717, 1.165) is 17.8 Å². The van der Waals surface area contributed by atoms with Crippen molar-refractivity contribution in [3.8, 4) is 0 Å². The second-order valence-corrected chi connectivity index (χ2v) is 8.25. The number of aryl methyl sites for hydroxylation is 2. The van der Waals surface area contributed by atoms with E-state index in [1.54, 1.807) is 18.5 Å². The van der Waals surface area contributed by atoms with Crippen LogP contribution < -0.4 is 5.32 Å². The summed E-state index contributed by atoms with van der Waals surface area (Å²) in [6, 6.07) is 0.670. The van der Waals surface area contributed by atoms with E-state index in [0.29, 0.717) is 12.6 Å². The molecule has 6 heteroatoms. The van der Waals surface area contributed by atoms with Crippen molar-refractivity contribution < 1.29 is 8.42 Å². The molecule has 0 spiro atoms. The third-order valence-corrected chi connectivity index (χ3v) is 5.72. The Morgan fingerprint density at radius 3 is 2.74 bits per heavy atom. The second kappa shape index (κ2) is 5.63. The zero-order valence-electron chi connectivity index (χ0n) is 11.9. The zero-order valence-corrected chi connectivity index (χ0v) is 12.7. The predicted molar refractivity (Wildman–Crippen MR) is 75.7 cm³/mol. The fraction of sp³-hybridized carbons (Fsp3) is 0.769. The molecule has 0 atom stereocenters. The van der Waals surface area contributed by atoms with Crippen LogP contribution in [0, 0.1) is 6.92 Å². The van der Waals surface area contributed by atoms with Gasteiger partial charge in [0.2, 0.25) is 0 Å². The van der Waals surface area contributed by atoms with E-state index in [1.807, 2.05) is 13.1 Å². The Balaban J connectivity index is 1.91. The number of nitrogens with zero attached hydrogens (tertiary/aromatic N) is 2. The molecule has 0 amide bonds. The fourth-order valence-corrected chi connectivity index (χ4v) is 2.76.